The molecule has 144 valence electrons. The van der Waals surface area contributed by atoms with Gasteiger partial charge in [-0.1, -0.05) is 23.5 Å². The topological polar surface area (TPSA) is 121 Å². The van der Waals surface area contributed by atoms with Crippen molar-refractivity contribution in [2.45, 2.75) is 6.92 Å². The number of amides is 1. The number of thiazole rings is 1. The number of esters is 1. The normalized spacial score (nSPS) is 10.5. The largest absolute Gasteiger partial charge is 0.494 e. The lowest BCUT2D eigenvalue weighted by molar-refractivity contribution is -0.385. The zero-order valence-electron chi connectivity index (χ0n) is 14.7. The van der Waals surface area contributed by atoms with Crippen LogP contribution >= 0.6 is 11.3 Å². The molecule has 0 aliphatic rings. The number of carbonyl (C=O) groups is 2. The third-order valence-corrected chi connectivity index (χ3v) is 4.51. The Morgan fingerprint density at radius 3 is 2.79 bits per heavy atom. The van der Waals surface area contributed by atoms with Gasteiger partial charge in [-0.15, -0.1) is 0 Å². The van der Waals surface area contributed by atoms with Crippen LogP contribution in [0.1, 0.15) is 17.3 Å². The summed E-state index contributed by atoms with van der Waals surface area (Å²) in [6.07, 6.45) is 0. The zero-order valence-corrected chi connectivity index (χ0v) is 15.5. The molecule has 10 heteroatoms. The van der Waals surface area contributed by atoms with Gasteiger partial charge in [0.25, 0.3) is 11.6 Å². The van der Waals surface area contributed by atoms with E-state index in [0.717, 1.165) is 4.70 Å². The van der Waals surface area contributed by atoms with Crippen molar-refractivity contribution in [2.75, 3.05) is 18.5 Å². The highest BCUT2D eigenvalue weighted by molar-refractivity contribution is 7.22. The third-order valence-electron chi connectivity index (χ3n) is 3.57. The number of carbonyl (C=O) groups excluding carboxylic acids is 2. The van der Waals surface area contributed by atoms with E-state index in [1.165, 1.54) is 35.6 Å². The molecule has 1 aromatic heterocycles. The van der Waals surface area contributed by atoms with Crippen LogP contribution in [0.5, 0.6) is 5.75 Å². The summed E-state index contributed by atoms with van der Waals surface area (Å²) in [7, 11) is 0. The van der Waals surface area contributed by atoms with Gasteiger partial charge in [0.15, 0.2) is 11.7 Å². The number of para-hydroxylation sites is 1. The molecule has 0 unspecified atom stereocenters. The van der Waals surface area contributed by atoms with Crippen molar-refractivity contribution in [1.82, 2.24) is 4.98 Å². The van der Waals surface area contributed by atoms with Crippen LogP contribution in [0, 0.1) is 10.1 Å². The van der Waals surface area contributed by atoms with Crippen LogP contribution in [0.25, 0.3) is 10.2 Å². The van der Waals surface area contributed by atoms with Gasteiger partial charge in [-0.05, 0) is 31.2 Å². The molecule has 1 amide bonds. The average molecular weight is 401 g/mol. The van der Waals surface area contributed by atoms with Gasteiger partial charge in [0.2, 0.25) is 0 Å². The minimum absolute atomic E-state index is 0.219. The van der Waals surface area contributed by atoms with Crippen molar-refractivity contribution >= 4 is 44.2 Å². The van der Waals surface area contributed by atoms with E-state index in [2.05, 4.69) is 10.3 Å². The quantitative estimate of drug-likeness (QED) is 0.366. The molecule has 9 nitrogen and oxygen atoms in total. The van der Waals surface area contributed by atoms with E-state index in [9.17, 15) is 19.7 Å². The van der Waals surface area contributed by atoms with Gasteiger partial charge in [-0.25, -0.2) is 9.78 Å². The summed E-state index contributed by atoms with van der Waals surface area (Å²) in [5, 5.41) is 13.8. The molecule has 0 bridgehead atoms. The summed E-state index contributed by atoms with van der Waals surface area (Å²) in [5.74, 6) is -0.848. The fraction of sp³-hybridized carbons (Fsp3) is 0.167. The number of benzene rings is 2. The van der Waals surface area contributed by atoms with Gasteiger partial charge in [0.1, 0.15) is 11.3 Å². The Morgan fingerprint density at radius 2 is 2.04 bits per heavy atom. The first kappa shape index (κ1) is 19.2. The van der Waals surface area contributed by atoms with Gasteiger partial charge in [0.05, 0.1) is 21.7 Å². The number of anilines is 1. The van der Waals surface area contributed by atoms with Crippen LogP contribution in [0.2, 0.25) is 0 Å². The molecule has 0 saturated heterocycles. The molecule has 28 heavy (non-hydrogen) atoms. The SMILES string of the molecule is CCOc1ccc2nc(NC(=O)COC(=O)c3ccccc3[N+](=O)[O-])sc2c1. The highest BCUT2D eigenvalue weighted by atomic mass is 32.1. The molecule has 1 N–H and O–H groups in total. The van der Waals surface area contributed by atoms with Crippen LogP contribution < -0.4 is 10.1 Å². The third kappa shape index (κ3) is 4.41. The number of nitro groups is 1. The minimum Gasteiger partial charge on any atom is -0.494 e. The minimum atomic E-state index is -0.951. The van der Waals surface area contributed by atoms with Crippen LogP contribution in [-0.4, -0.2) is 35.0 Å². The maximum Gasteiger partial charge on any atom is 0.345 e. The Hall–Kier alpha value is -3.53. The average Bonchev–Trinajstić information content (AvgIpc) is 3.07. The molecule has 1 heterocycles. The van der Waals surface area contributed by atoms with E-state index in [0.29, 0.717) is 23.0 Å². The summed E-state index contributed by atoms with van der Waals surface area (Å²) in [5.41, 5.74) is 0.0913. The molecule has 0 spiro atoms. The van der Waals surface area contributed by atoms with Gasteiger partial charge < -0.3 is 9.47 Å². The number of aromatic nitrogens is 1. The summed E-state index contributed by atoms with van der Waals surface area (Å²) < 4.78 is 11.1. The smallest absolute Gasteiger partial charge is 0.345 e. The molecule has 0 saturated carbocycles. The molecule has 3 aromatic rings. The molecular formula is C18H15N3O6S. The lowest BCUT2D eigenvalue weighted by atomic mass is 10.2. The monoisotopic (exact) mass is 401 g/mol. The number of ether oxygens (including phenoxy) is 2. The lowest BCUT2D eigenvalue weighted by Crippen LogP contribution is -2.21. The first-order valence-corrected chi connectivity index (χ1v) is 9.03. The fourth-order valence-corrected chi connectivity index (χ4v) is 3.30. The highest BCUT2D eigenvalue weighted by Gasteiger charge is 2.21. The molecule has 0 fully saturated rings. The predicted molar refractivity (Wildman–Crippen MR) is 103 cm³/mol. The molecule has 0 radical (unpaired) electrons. The molecule has 0 aliphatic carbocycles. The van der Waals surface area contributed by atoms with Crippen molar-refractivity contribution in [2.24, 2.45) is 0 Å². The van der Waals surface area contributed by atoms with E-state index < -0.39 is 23.4 Å². The van der Waals surface area contributed by atoms with E-state index in [-0.39, 0.29) is 11.3 Å². The predicted octanol–water partition coefficient (Wildman–Crippen LogP) is 3.40. The molecular weight excluding hydrogens is 386 g/mol. The molecule has 2 aromatic carbocycles. The summed E-state index contributed by atoms with van der Waals surface area (Å²) >= 11 is 1.25. The Morgan fingerprint density at radius 1 is 1.25 bits per heavy atom. The van der Waals surface area contributed by atoms with E-state index in [4.69, 9.17) is 9.47 Å². The van der Waals surface area contributed by atoms with E-state index in [1.807, 2.05) is 13.0 Å². The number of rotatable bonds is 7. The van der Waals surface area contributed by atoms with Gasteiger partial charge in [0, 0.05) is 6.07 Å². The number of hydrogen-bond acceptors (Lipinski definition) is 8. The second-order valence-electron chi connectivity index (χ2n) is 5.48. The van der Waals surface area contributed by atoms with Crippen molar-refractivity contribution in [3.05, 3.63) is 58.1 Å². The second-order valence-corrected chi connectivity index (χ2v) is 6.51. The van der Waals surface area contributed by atoms with E-state index >= 15 is 0 Å². The summed E-state index contributed by atoms with van der Waals surface area (Å²) in [6, 6.07) is 10.7. The number of hydrogen-bond donors (Lipinski definition) is 1. The van der Waals surface area contributed by atoms with E-state index in [1.54, 1.807) is 12.1 Å². The number of nitrogens with zero attached hydrogens (tertiary/aromatic N) is 2. The first-order chi connectivity index (χ1) is 13.5. The zero-order chi connectivity index (χ0) is 20.1. The van der Waals surface area contributed by atoms with Crippen molar-refractivity contribution in [3.8, 4) is 5.75 Å². The van der Waals surface area contributed by atoms with Crippen LogP contribution in [0.15, 0.2) is 42.5 Å². The Bertz CT molecular complexity index is 1050. The van der Waals surface area contributed by atoms with Crippen LogP contribution in [0.3, 0.4) is 0 Å². The fourth-order valence-electron chi connectivity index (χ4n) is 2.38. The van der Waals surface area contributed by atoms with Gasteiger partial charge in [-0.3, -0.25) is 20.2 Å². The molecule has 3 rings (SSSR count). The molecule has 0 aliphatic heterocycles. The molecule has 0 atom stereocenters. The van der Waals surface area contributed by atoms with Gasteiger partial charge >= 0.3 is 5.97 Å². The number of nitrogens with one attached hydrogen (secondary N) is 1. The Balaban J connectivity index is 1.62. The first-order valence-electron chi connectivity index (χ1n) is 8.21. The maximum atomic E-state index is 12.0. The second kappa shape index (κ2) is 8.44. The standard InChI is InChI=1S/C18H15N3O6S/c1-2-26-11-7-8-13-15(9-11)28-18(19-13)20-16(22)10-27-17(23)12-5-3-4-6-14(12)21(24)25/h3-9H,2,10H2,1H3,(H,19,20,22). The van der Waals surface area contributed by atoms with Crippen molar-refractivity contribution in [1.29, 1.82) is 0 Å². The Kier molecular flexibility index (Phi) is 5.80. The maximum absolute atomic E-state index is 12.0. The Labute approximate surface area is 163 Å². The van der Waals surface area contributed by atoms with Crippen molar-refractivity contribution < 1.29 is 24.0 Å². The number of nitro benzene ring substituents is 1. The lowest BCUT2D eigenvalue weighted by Gasteiger charge is -2.05. The summed E-state index contributed by atoms with van der Waals surface area (Å²) in [4.78, 5) is 38.6. The van der Waals surface area contributed by atoms with Crippen molar-refractivity contribution in [3.63, 3.8) is 0 Å². The van der Waals surface area contributed by atoms with Crippen LogP contribution in [-0.2, 0) is 9.53 Å². The summed E-state index contributed by atoms with van der Waals surface area (Å²) in [6.45, 7) is 1.83. The van der Waals surface area contributed by atoms with Crippen LogP contribution in [0.4, 0.5) is 10.8 Å². The highest BCUT2D eigenvalue weighted by Crippen LogP contribution is 2.29. The number of fused-ring (bicyclic) bond motifs is 1. The van der Waals surface area contributed by atoms with Gasteiger partial charge in [-0.2, -0.15) is 0 Å².